The molecule has 0 saturated carbocycles. The molecule has 98 valence electrons. The van der Waals surface area contributed by atoms with Crippen molar-refractivity contribution < 1.29 is 17.8 Å². The average Bonchev–Trinajstić information content (AvgIpc) is 2.25. The zero-order valence-electron chi connectivity index (χ0n) is 9.91. The van der Waals surface area contributed by atoms with E-state index in [0.29, 0.717) is 11.8 Å². The number of benzene rings is 1. The van der Waals surface area contributed by atoms with Crippen LogP contribution < -0.4 is 5.32 Å². The van der Waals surface area contributed by atoms with E-state index in [9.17, 15) is 13.2 Å². The van der Waals surface area contributed by atoms with E-state index in [2.05, 4.69) is 5.32 Å². The standard InChI is InChI=1S/C12H15NO4S/c1-10(14)13-12(7-8-18(15,16)17)9-11-5-3-2-4-6-11/h2-8,12H,9H2,1H3,(H,13,14)(H,15,16,17)/b8-7+/t12-/m1/s1. The first-order valence-corrected chi connectivity index (χ1v) is 6.84. The minimum absolute atomic E-state index is 0.268. The molecule has 0 radical (unpaired) electrons. The number of carbonyl (C=O) groups is 1. The van der Waals surface area contributed by atoms with Crippen molar-refractivity contribution in [2.75, 3.05) is 0 Å². The molecule has 0 aliphatic carbocycles. The Hall–Kier alpha value is -1.66. The van der Waals surface area contributed by atoms with Gasteiger partial charge in [-0.3, -0.25) is 9.35 Å². The van der Waals surface area contributed by atoms with Gasteiger partial charge >= 0.3 is 0 Å². The maximum Gasteiger partial charge on any atom is 0.287 e. The van der Waals surface area contributed by atoms with Gasteiger partial charge in [0.2, 0.25) is 5.91 Å². The van der Waals surface area contributed by atoms with E-state index in [0.717, 1.165) is 5.56 Å². The first-order valence-electron chi connectivity index (χ1n) is 5.33. The minimum Gasteiger partial charge on any atom is -0.350 e. The van der Waals surface area contributed by atoms with Crippen LogP contribution >= 0.6 is 0 Å². The van der Waals surface area contributed by atoms with E-state index in [1.54, 1.807) is 0 Å². The molecule has 18 heavy (non-hydrogen) atoms. The first kappa shape index (κ1) is 14.4. The van der Waals surface area contributed by atoms with Crippen LogP contribution in [0.25, 0.3) is 0 Å². The molecule has 1 amide bonds. The lowest BCUT2D eigenvalue weighted by Gasteiger charge is -2.13. The van der Waals surface area contributed by atoms with Crippen LogP contribution in [-0.4, -0.2) is 24.9 Å². The fourth-order valence-electron chi connectivity index (χ4n) is 1.49. The Morgan fingerprint density at radius 2 is 2.00 bits per heavy atom. The zero-order valence-corrected chi connectivity index (χ0v) is 10.7. The fraction of sp³-hybridized carbons (Fsp3) is 0.250. The van der Waals surface area contributed by atoms with Crippen LogP contribution in [0.5, 0.6) is 0 Å². The van der Waals surface area contributed by atoms with Gasteiger partial charge in [-0.05, 0) is 18.1 Å². The molecule has 0 saturated heterocycles. The van der Waals surface area contributed by atoms with Gasteiger partial charge in [0.1, 0.15) is 0 Å². The highest BCUT2D eigenvalue weighted by molar-refractivity contribution is 7.88. The predicted molar refractivity (Wildman–Crippen MR) is 68.4 cm³/mol. The summed E-state index contributed by atoms with van der Waals surface area (Å²) in [4.78, 5) is 11.0. The molecular weight excluding hydrogens is 254 g/mol. The third kappa shape index (κ3) is 6.17. The summed E-state index contributed by atoms with van der Waals surface area (Å²) in [6.45, 7) is 1.35. The molecule has 5 nitrogen and oxygen atoms in total. The summed E-state index contributed by atoms with van der Waals surface area (Å²) in [5.41, 5.74) is 0.955. The molecule has 0 aliphatic rings. The van der Waals surface area contributed by atoms with Crippen LogP contribution in [0.3, 0.4) is 0 Å². The summed E-state index contributed by atoms with van der Waals surface area (Å²) >= 11 is 0. The summed E-state index contributed by atoms with van der Waals surface area (Å²) < 4.78 is 29.9. The van der Waals surface area contributed by atoms with Crippen molar-refractivity contribution in [1.82, 2.24) is 5.32 Å². The van der Waals surface area contributed by atoms with Gasteiger partial charge in [0, 0.05) is 6.92 Å². The molecule has 0 heterocycles. The van der Waals surface area contributed by atoms with Crippen LogP contribution in [-0.2, 0) is 21.3 Å². The zero-order chi connectivity index (χ0) is 13.6. The van der Waals surface area contributed by atoms with E-state index in [1.807, 2.05) is 30.3 Å². The van der Waals surface area contributed by atoms with Crippen LogP contribution in [0.4, 0.5) is 0 Å². The maximum atomic E-state index is 11.0. The van der Waals surface area contributed by atoms with Crippen LogP contribution in [0, 0.1) is 0 Å². The second-order valence-electron chi connectivity index (χ2n) is 3.84. The highest BCUT2D eigenvalue weighted by Crippen LogP contribution is 2.05. The van der Waals surface area contributed by atoms with E-state index >= 15 is 0 Å². The van der Waals surface area contributed by atoms with E-state index in [-0.39, 0.29) is 5.91 Å². The third-order valence-corrected chi connectivity index (χ3v) is 2.67. The Kier molecular flexibility index (Phi) is 5.06. The average molecular weight is 269 g/mol. The summed E-state index contributed by atoms with van der Waals surface area (Å²) in [5.74, 6) is -0.268. The van der Waals surface area contributed by atoms with Crippen molar-refractivity contribution in [1.29, 1.82) is 0 Å². The monoisotopic (exact) mass is 269 g/mol. The lowest BCUT2D eigenvalue weighted by Crippen LogP contribution is -2.33. The van der Waals surface area contributed by atoms with Crippen LogP contribution in [0.15, 0.2) is 41.8 Å². The van der Waals surface area contributed by atoms with Gasteiger partial charge in [-0.25, -0.2) is 0 Å². The summed E-state index contributed by atoms with van der Waals surface area (Å²) in [6.07, 6.45) is 1.70. The summed E-state index contributed by atoms with van der Waals surface area (Å²) in [7, 11) is -4.18. The van der Waals surface area contributed by atoms with Crippen molar-refractivity contribution in [2.45, 2.75) is 19.4 Å². The van der Waals surface area contributed by atoms with E-state index in [1.165, 1.54) is 13.0 Å². The maximum absolute atomic E-state index is 11.0. The second-order valence-corrected chi connectivity index (χ2v) is 5.14. The summed E-state index contributed by atoms with van der Waals surface area (Å²) in [6, 6.07) is 8.84. The van der Waals surface area contributed by atoms with Gasteiger partial charge in [0.05, 0.1) is 11.4 Å². The van der Waals surface area contributed by atoms with Crippen molar-refractivity contribution in [3.8, 4) is 0 Å². The minimum atomic E-state index is -4.18. The predicted octanol–water partition coefficient (Wildman–Crippen LogP) is 1.14. The highest BCUT2D eigenvalue weighted by Gasteiger charge is 2.08. The number of hydrogen-bond donors (Lipinski definition) is 2. The molecule has 0 unspecified atom stereocenters. The Morgan fingerprint density at radius 3 is 2.50 bits per heavy atom. The molecule has 2 N–H and O–H groups in total. The van der Waals surface area contributed by atoms with Crippen molar-refractivity contribution in [2.24, 2.45) is 0 Å². The fourth-order valence-corrected chi connectivity index (χ4v) is 1.88. The second kappa shape index (κ2) is 6.32. The largest absolute Gasteiger partial charge is 0.350 e. The van der Waals surface area contributed by atoms with Crippen molar-refractivity contribution >= 4 is 16.0 Å². The van der Waals surface area contributed by atoms with Crippen molar-refractivity contribution in [3.05, 3.63) is 47.4 Å². The number of rotatable bonds is 5. The molecule has 1 rings (SSSR count). The molecule has 1 aromatic carbocycles. The van der Waals surface area contributed by atoms with Gasteiger partial charge in [0.25, 0.3) is 10.1 Å². The van der Waals surface area contributed by atoms with Gasteiger partial charge in [-0.2, -0.15) is 8.42 Å². The third-order valence-electron chi connectivity index (χ3n) is 2.17. The Morgan fingerprint density at radius 1 is 1.39 bits per heavy atom. The first-order chi connectivity index (χ1) is 8.37. The molecule has 1 atom stereocenters. The Balaban J connectivity index is 2.79. The molecule has 0 bridgehead atoms. The van der Waals surface area contributed by atoms with Crippen LogP contribution in [0.2, 0.25) is 0 Å². The number of carbonyl (C=O) groups excluding carboxylic acids is 1. The molecule has 0 aromatic heterocycles. The lowest BCUT2D eigenvalue weighted by molar-refractivity contribution is -0.119. The Labute approximate surface area is 106 Å². The van der Waals surface area contributed by atoms with Gasteiger partial charge in [-0.15, -0.1) is 0 Å². The number of amides is 1. The molecule has 0 aliphatic heterocycles. The molecule has 0 spiro atoms. The molecule has 1 aromatic rings. The topological polar surface area (TPSA) is 83.5 Å². The lowest BCUT2D eigenvalue weighted by atomic mass is 10.1. The van der Waals surface area contributed by atoms with Crippen molar-refractivity contribution in [3.63, 3.8) is 0 Å². The number of nitrogens with one attached hydrogen (secondary N) is 1. The highest BCUT2D eigenvalue weighted by atomic mass is 32.2. The van der Waals surface area contributed by atoms with E-state index in [4.69, 9.17) is 4.55 Å². The normalized spacial score (nSPS) is 13.4. The van der Waals surface area contributed by atoms with E-state index < -0.39 is 16.2 Å². The SMILES string of the molecule is CC(=O)N[C@H](/C=C/S(=O)(=O)O)Cc1ccccc1. The van der Waals surface area contributed by atoms with Gasteiger partial charge in [0.15, 0.2) is 0 Å². The molecule has 6 heteroatoms. The summed E-state index contributed by atoms with van der Waals surface area (Å²) in [5, 5.41) is 3.28. The Bertz CT molecular complexity index is 522. The van der Waals surface area contributed by atoms with Gasteiger partial charge in [-0.1, -0.05) is 30.3 Å². The van der Waals surface area contributed by atoms with Gasteiger partial charge < -0.3 is 5.32 Å². The smallest absolute Gasteiger partial charge is 0.287 e. The molecular formula is C12H15NO4S. The number of hydrogen-bond acceptors (Lipinski definition) is 3. The van der Waals surface area contributed by atoms with Crippen LogP contribution in [0.1, 0.15) is 12.5 Å². The molecule has 0 fully saturated rings. The quantitative estimate of drug-likeness (QED) is 0.785.